The van der Waals surface area contributed by atoms with Crippen LogP contribution in [0.4, 0.5) is 0 Å². The van der Waals surface area contributed by atoms with E-state index in [2.05, 4.69) is 6.92 Å². The molecule has 0 rings (SSSR count). The molecule has 0 fully saturated rings. The Bertz CT molecular complexity index is 389. The Labute approximate surface area is 171 Å². The number of carbonyl (C=O) groups is 2. The van der Waals surface area contributed by atoms with Gasteiger partial charge in [-0.1, -0.05) is 58.3 Å². The van der Waals surface area contributed by atoms with Crippen molar-refractivity contribution in [3.8, 4) is 0 Å². The van der Waals surface area contributed by atoms with Crippen molar-refractivity contribution in [2.24, 2.45) is 0 Å². The van der Waals surface area contributed by atoms with Crippen LogP contribution in [0.15, 0.2) is 0 Å². The lowest BCUT2D eigenvalue weighted by Gasteiger charge is -2.19. The van der Waals surface area contributed by atoms with Crippen LogP contribution in [0.3, 0.4) is 0 Å². The number of esters is 2. The van der Waals surface area contributed by atoms with Gasteiger partial charge in [0, 0.05) is 6.42 Å². The molecule has 0 atom stereocenters. The van der Waals surface area contributed by atoms with Crippen LogP contribution in [0.25, 0.3) is 0 Å². The number of ether oxygens (including phenoxy) is 4. The van der Waals surface area contributed by atoms with Gasteiger partial charge in [0.15, 0.2) is 0 Å². The molecule has 0 aliphatic heterocycles. The lowest BCUT2D eigenvalue weighted by atomic mass is 10.1. The van der Waals surface area contributed by atoms with Crippen LogP contribution >= 0.6 is 0 Å². The summed E-state index contributed by atoms with van der Waals surface area (Å²) < 4.78 is 20.7. The number of rotatable bonds is 18. The minimum absolute atomic E-state index is 0.0889. The number of unbranched alkanes of at least 4 members (excludes halogenated alkanes) is 8. The summed E-state index contributed by atoms with van der Waals surface area (Å²) >= 11 is 0. The Hall–Kier alpha value is -1.14. The van der Waals surface area contributed by atoms with Crippen LogP contribution in [0.2, 0.25) is 0 Å². The Balaban J connectivity index is 3.30. The molecule has 0 bridgehead atoms. The largest absolute Gasteiger partial charge is 0.463 e. The van der Waals surface area contributed by atoms with Crippen molar-refractivity contribution in [2.45, 2.75) is 97.5 Å². The van der Waals surface area contributed by atoms with Gasteiger partial charge in [-0.15, -0.1) is 0 Å². The Kier molecular flexibility index (Phi) is 17.2. The van der Waals surface area contributed by atoms with E-state index < -0.39 is 11.6 Å². The van der Waals surface area contributed by atoms with Crippen LogP contribution < -0.4 is 0 Å². The fourth-order valence-corrected chi connectivity index (χ4v) is 2.61. The Morgan fingerprint density at radius 2 is 1.21 bits per heavy atom. The Morgan fingerprint density at radius 3 is 1.82 bits per heavy atom. The first-order valence-corrected chi connectivity index (χ1v) is 10.9. The zero-order valence-electron chi connectivity index (χ0n) is 18.6. The minimum atomic E-state index is -0.505. The van der Waals surface area contributed by atoms with E-state index in [9.17, 15) is 9.59 Å². The highest BCUT2D eigenvalue weighted by atomic mass is 16.6. The molecule has 0 aromatic rings. The van der Waals surface area contributed by atoms with Crippen LogP contribution in [-0.4, -0.2) is 50.6 Å². The molecule has 0 N–H and O–H groups in total. The van der Waals surface area contributed by atoms with Gasteiger partial charge < -0.3 is 18.9 Å². The van der Waals surface area contributed by atoms with Gasteiger partial charge in [-0.3, -0.25) is 4.79 Å². The normalized spacial score (nSPS) is 11.4. The average molecular weight is 403 g/mol. The van der Waals surface area contributed by atoms with Crippen molar-refractivity contribution in [2.75, 3.05) is 33.0 Å². The molecule has 0 aliphatic rings. The summed E-state index contributed by atoms with van der Waals surface area (Å²) in [5.74, 6) is -0.550. The fraction of sp³-hybridized carbons (Fsp3) is 0.909. The lowest BCUT2D eigenvalue weighted by molar-refractivity contribution is -0.161. The zero-order chi connectivity index (χ0) is 21.1. The third-order valence-corrected chi connectivity index (χ3v) is 3.99. The molecule has 0 amide bonds. The third kappa shape index (κ3) is 21.2. The maximum absolute atomic E-state index is 11.6. The molecule has 0 spiro atoms. The first kappa shape index (κ1) is 26.9. The first-order chi connectivity index (χ1) is 13.3. The molecule has 6 heteroatoms. The molecule has 166 valence electrons. The monoisotopic (exact) mass is 402 g/mol. The molecule has 0 aromatic heterocycles. The number of carbonyl (C=O) groups excluding carboxylic acids is 2. The quantitative estimate of drug-likeness (QED) is 0.242. The van der Waals surface area contributed by atoms with E-state index in [-0.39, 0.29) is 19.2 Å². The third-order valence-electron chi connectivity index (χ3n) is 3.99. The van der Waals surface area contributed by atoms with Crippen molar-refractivity contribution in [3.63, 3.8) is 0 Å². The summed E-state index contributed by atoms with van der Waals surface area (Å²) in [6, 6.07) is 0. The predicted molar refractivity (Wildman–Crippen MR) is 110 cm³/mol. The second-order valence-electron chi connectivity index (χ2n) is 8.05. The van der Waals surface area contributed by atoms with Crippen molar-refractivity contribution in [3.05, 3.63) is 0 Å². The second-order valence-corrected chi connectivity index (χ2v) is 8.05. The van der Waals surface area contributed by atoms with Gasteiger partial charge in [-0.2, -0.15) is 0 Å². The molecule has 6 nitrogen and oxygen atoms in total. The summed E-state index contributed by atoms with van der Waals surface area (Å²) in [6.07, 6.45) is 11.6. The van der Waals surface area contributed by atoms with Gasteiger partial charge >= 0.3 is 11.9 Å². The average Bonchev–Trinajstić information content (AvgIpc) is 2.61. The van der Waals surface area contributed by atoms with Crippen LogP contribution in [0, 0.1) is 0 Å². The van der Waals surface area contributed by atoms with Gasteiger partial charge in [-0.25, -0.2) is 4.79 Å². The number of hydrogen-bond acceptors (Lipinski definition) is 6. The van der Waals surface area contributed by atoms with E-state index in [0.717, 1.165) is 12.8 Å². The van der Waals surface area contributed by atoms with Gasteiger partial charge in [0.2, 0.25) is 0 Å². The summed E-state index contributed by atoms with van der Waals surface area (Å²) in [4.78, 5) is 23.0. The summed E-state index contributed by atoms with van der Waals surface area (Å²) in [7, 11) is 0. The standard InChI is InChI=1S/C22H42O6/c1-5-6-7-8-9-10-11-12-13-14-20(23)27-18-17-25-15-16-26-19-21(24)28-22(2,3)4/h5-19H2,1-4H3. The van der Waals surface area contributed by atoms with Crippen molar-refractivity contribution < 1.29 is 28.5 Å². The highest BCUT2D eigenvalue weighted by Crippen LogP contribution is 2.10. The molecule has 0 aromatic carbocycles. The molecule has 0 saturated carbocycles. The van der Waals surface area contributed by atoms with Crippen LogP contribution in [0.5, 0.6) is 0 Å². The van der Waals surface area contributed by atoms with E-state index in [1.54, 1.807) is 0 Å². The van der Waals surface area contributed by atoms with Gasteiger partial charge in [0.05, 0.1) is 19.8 Å². The molecular weight excluding hydrogens is 360 g/mol. The van der Waals surface area contributed by atoms with Gasteiger partial charge in [0.1, 0.15) is 18.8 Å². The molecular formula is C22H42O6. The maximum Gasteiger partial charge on any atom is 0.332 e. The molecule has 0 unspecified atom stereocenters. The lowest BCUT2D eigenvalue weighted by Crippen LogP contribution is -2.27. The Morgan fingerprint density at radius 1 is 0.679 bits per heavy atom. The van der Waals surface area contributed by atoms with E-state index in [1.807, 2.05) is 20.8 Å². The SMILES string of the molecule is CCCCCCCCCCCC(=O)OCCOCCOCC(=O)OC(C)(C)C. The van der Waals surface area contributed by atoms with E-state index >= 15 is 0 Å². The molecule has 0 radical (unpaired) electrons. The highest BCUT2D eigenvalue weighted by Gasteiger charge is 2.15. The summed E-state index contributed by atoms with van der Waals surface area (Å²) in [6.45, 7) is 8.80. The highest BCUT2D eigenvalue weighted by molar-refractivity contribution is 5.71. The summed E-state index contributed by atoms with van der Waals surface area (Å²) in [5, 5.41) is 0. The molecule has 0 heterocycles. The minimum Gasteiger partial charge on any atom is -0.463 e. The molecule has 28 heavy (non-hydrogen) atoms. The molecule has 0 aliphatic carbocycles. The smallest absolute Gasteiger partial charge is 0.332 e. The second kappa shape index (κ2) is 17.9. The number of hydrogen-bond donors (Lipinski definition) is 0. The van der Waals surface area contributed by atoms with Crippen LogP contribution in [0.1, 0.15) is 91.9 Å². The van der Waals surface area contributed by atoms with Crippen molar-refractivity contribution in [1.29, 1.82) is 0 Å². The zero-order valence-corrected chi connectivity index (χ0v) is 18.6. The van der Waals surface area contributed by atoms with Crippen molar-refractivity contribution in [1.82, 2.24) is 0 Å². The topological polar surface area (TPSA) is 71.1 Å². The molecule has 0 saturated heterocycles. The fourth-order valence-electron chi connectivity index (χ4n) is 2.61. The van der Waals surface area contributed by atoms with E-state index in [4.69, 9.17) is 18.9 Å². The maximum atomic E-state index is 11.6. The summed E-state index contributed by atoms with van der Waals surface area (Å²) in [5.41, 5.74) is -0.505. The predicted octanol–water partition coefficient (Wildman–Crippen LogP) is 4.83. The van der Waals surface area contributed by atoms with Gasteiger partial charge in [0.25, 0.3) is 0 Å². The van der Waals surface area contributed by atoms with E-state index in [0.29, 0.717) is 26.2 Å². The van der Waals surface area contributed by atoms with Gasteiger partial charge in [-0.05, 0) is 27.2 Å². The van der Waals surface area contributed by atoms with Crippen molar-refractivity contribution >= 4 is 11.9 Å². The van der Waals surface area contributed by atoms with E-state index in [1.165, 1.54) is 44.9 Å². The first-order valence-electron chi connectivity index (χ1n) is 10.9. The van der Waals surface area contributed by atoms with Crippen LogP contribution in [-0.2, 0) is 28.5 Å².